The van der Waals surface area contributed by atoms with E-state index in [9.17, 15) is 5.11 Å². The van der Waals surface area contributed by atoms with Crippen molar-refractivity contribution >= 4 is 5.69 Å². The van der Waals surface area contributed by atoms with E-state index in [1.807, 2.05) is 24.3 Å². The summed E-state index contributed by atoms with van der Waals surface area (Å²) in [7, 11) is 0. The van der Waals surface area contributed by atoms with Gasteiger partial charge in [0.05, 0.1) is 0 Å². The average molecular weight is 392 g/mol. The van der Waals surface area contributed by atoms with Crippen LogP contribution in [0.4, 0.5) is 5.69 Å². The first-order valence-electron chi connectivity index (χ1n) is 10.2. The van der Waals surface area contributed by atoms with Crippen LogP contribution in [-0.4, -0.2) is 41.5 Å². The van der Waals surface area contributed by atoms with Crippen LogP contribution in [0.5, 0.6) is 11.5 Å². The zero-order valence-corrected chi connectivity index (χ0v) is 17.1. The van der Waals surface area contributed by atoms with E-state index in [0.717, 1.165) is 48.8 Å². The Hall–Kier alpha value is -2.68. The molecule has 2 aromatic carbocycles. The fourth-order valence-corrected chi connectivity index (χ4v) is 3.72. The number of aliphatic hydroxyl groups is 1. The minimum Gasteiger partial charge on any atom is -0.454 e. The zero-order chi connectivity index (χ0) is 20.3. The Bertz CT molecular complexity index is 906. The van der Waals surface area contributed by atoms with Gasteiger partial charge in [-0.05, 0) is 63.1 Å². The minimum absolute atomic E-state index is 0.304. The number of fused-ring (bicyclic) bond motifs is 1. The van der Waals surface area contributed by atoms with E-state index in [0.29, 0.717) is 12.8 Å². The minimum atomic E-state index is -0.966. The van der Waals surface area contributed by atoms with Gasteiger partial charge in [-0.3, -0.25) is 4.90 Å². The smallest absolute Gasteiger partial charge is 0.231 e. The van der Waals surface area contributed by atoms with Crippen LogP contribution in [0, 0.1) is 11.8 Å². The maximum absolute atomic E-state index is 9.73. The highest BCUT2D eigenvalue weighted by Gasteiger charge is 2.21. The molecule has 2 aliphatic rings. The van der Waals surface area contributed by atoms with E-state index >= 15 is 0 Å². The molecular weight excluding hydrogens is 364 g/mol. The normalized spacial score (nSPS) is 18.8. The first-order valence-corrected chi connectivity index (χ1v) is 10.2. The molecule has 5 nitrogen and oxygen atoms in total. The van der Waals surface area contributed by atoms with Crippen LogP contribution in [0.3, 0.4) is 0 Å². The van der Waals surface area contributed by atoms with Crippen LogP contribution in [0.15, 0.2) is 42.5 Å². The quantitative estimate of drug-likeness (QED) is 0.779. The van der Waals surface area contributed by atoms with Crippen LogP contribution in [0.25, 0.3) is 0 Å². The Morgan fingerprint density at radius 1 is 1.14 bits per heavy atom. The van der Waals surface area contributed by atoms with E-state index in [4.69, 9.17) is 9.47 Å². The van der Waals surface area contributed by atoms with Crippen molar-refractivity contribution < 1.29 is 14.6 Å². The van der Waals surface area contributed by atoms with Crippen molar-refractivity contribution in [3.05, 3.63) is 53.6 Å². The highest BCUT2D eigenvalue weighted by Crippen LogP contribution is 2.34. The highest BCUT2D eigenvalue weighted by atomic mass is 16.7. The van der Waals surface area contributed by atoms with Gasteiger partial charge in [0, 0.05) is 36.4 Å². The predicted molar refractivity (Wildman–Crippen MR) is 114 cm³/mol. The van der Waals surface area contributed by atoms with E-state index in [2.05, 4.69) is 40.3 Å². The number of likely N-dealkylation sites (tertiary alicyclic amines) is 1. The van der Waals surface area contributed by atoms with Crippen molar-refractivity contribution in [1.29, 1.82) is 0 Å². The summed E-state index contributed by atoms with van der Waals surface area (Å²) in [6.45, 7) is 6.74. The standard InChI is InChI=1S/C24H28N2O3/c1-24(2,27)12-11-18-5-7-19(8-6-18)15-26-13-3-4-21(16-26)25-20-9-10-22-23(14-20)29-17-28-22/h5-10,14,21,25,27H,3-4,13,15-17H2,1-2H3. The predicted octanol–water partition coefficient (Wildman–Crippen LogP) is 3.61. The molecule has 0 bridgehead atoms. The molecule has 2 aliphatic heterocycles. The molecular formula is C24H28N2O3. The fraction of sp³-hybridized carbons (Fsp3) is 0.417. The summed E-state index contributed by atoms with van der Waals surface area (Å²) < 4.78 is 10.9. The molecule has 29 heavy (non-hydrogen) atoms. The average Bonchev–Trinajstić information content (AvgIpc) is 3.15. The second-order valence-corrected chi connectivity index (χ2v) is 8.29. The van der Waals surface area contributed by atoms with Crippen LogP contribution >= 0.6 is 0 Å². The first-order chi connectivity index (χ1) is 13.9. The number of nitrogens with one attached hydrogen (secondary N) is 1. The summed E-state index contributed by atoms with van der Waals surface area (Å²) in [6.07, 6.45) is 2.34. The fourth-order valence-electron chi connectivity index (χ4n) is 3.72. The highest BCUT2D eigenvalue weighted by molar-refractivity contribution is 5.56. The molecule has 152 valence electrons. The Balaban J connectivity index is 1.33. The number of rotatable bonds is 4. The van der Waals surface area contributed by atoms with Gasteiger partial charge < -0.3 is 19.9 Å². The summed E-state index contributed by atoms with van der Waals surface area (Å²) in [4.78, 5) is 2.49. The molecule has 0 radical (unpaired) electrons. The summed E-state index contributed by atoms with van der Waals surface area (Å²) in [5.41, 5.74) is 2.32. The van der Waals surface area contributed by atoms with Crippen molar-refractivity contribution in [2.45, 2.75) is 44.9 Å². The lowest BCUT2D eigenvalue weighted by Crippen LogP contribution is -2.41. The summed E-state index contributed by atoms with van der Waals surface area (Å²) >= 11 is 0. The second kappa shape index (κ2) is 8.36. The molecule has 4 rings (SSSR count). The third-order valence-corrected chi connectivity index (χ3v) is 5.12. The van der Waals surface area contributed by atoms with Gasteiger partial charge in [-0.1, -0.05) is 24.0 Å². The molecule has 5 heteroatoms. The third-order valence-electron chi connectivity index (χ3n) is 5.12. The second-order valence-electron chi connectivity index (χ2n) is 8.29. The zero-order valence-electron chi connectivity index (χ0n) is 17.1. The summed E-state index contributed by atoms with van der Waals surface area (Å²) in [5, 5.41) is 13.4. The lowest BCUT2D eigenvalue weighted by atomic mass is 10.0. The van der Waals surface area contributed by atoms with Crippen molar-refractivity contribution in [3.8, 4) is 23.3 Å². The topological polar surface area (TPSA) is 54.0 Å². The molecule has 0 aliphatic carbocycles. The Kier molecular flexibility index (Phi) is 5.66. The van der Waals surface area contributed by atoms with Gasteiger partial charge in [0.1, 0.15) is 5.60 Å². The summed E-state index contributed by atoms with van der Waals surface area (Å²) in [6, 6.07) is 14.8. The third kappa shape index (κ3) is 5.44. The van der Waals surface area contributed by atoms with Crippen LogP contribution in [0.2, 0.25) is 0 Å². The number of ether oxygens (including phenoxy) is 2. The number of anilines is 1. The van der Waals surface area contributed by atoms with E-state index in [1.54, 1.807) is 13.8 Å². The van der Waals surface area contributed by atoms with Crippen LogP contribution in [-0.2, 0) is 6.54 Å². The molecule has 2 N–H and O–H groups in total. The lowest BCUT2D eigenvalue weighted by molar-refractivity contribution is 0.143. The van der Waals surface area contributed by atoms with Gasteiger partial charge in [-0.15, -0.1) is 0 Å². The number of hydrogen-bond donors (Lipinski definition) is 2. The Morgan fingerprint density at radius 3 is 2.72 bits per heavy atom. The lowest BCUT2D eigenvalue weighted by Gasteiger charge is -2.33. The Morgan fingerprint density at radius 2 is 1.93 bits per heavy atom. The van der Waals surface area contributed by atoms with Gasteiger partial charge in [0.15, 0.2) is 11.5 Å². The molecule has 1 saturated heterocycles. The van der Waals surface area contributed by atoms with E-state index in [-0.39, 0.29) is 0 Å². The molecule has 0 spiro atoms. The van der Waals surface area contributed by atoms with Crippen LogP contribution < -0.4 is 14.8 Å². The van der Waals surface area contributed by atoms with E-state index in [1.165, 1.54) is 12.0 Å². The van der Waals surface area contributed by atoms with Gasteiger partial charge >= 0.3 is 0 Å². The van der Waals surface area contributed by atoms with Crippen molar-refractivity contribution in [1.82, 2.24) is 4.90 Å². The monoisotopic (exact) mass is 392 g/mol. The Labute approximate surface area is 172 Å². The maximum Gasteiger partial charge on any atom is 0.231 e. The number of piperidine rings is 1. The molecule has 0 amide bonds. The molecule has 0 aromatic heterocycles. The first kappa shape index (κ1) is 19.6. The molecule has 0 saturated carbocycles. The van der Waals surface area contributed by atoms with Crippen molar-refractivity contribution in [3.63, 3.8) is 0 Å². The molecule has 1 fully saturated rings. The van der Waals surface area contributed by atoms with Crippen molar-refractivity contribution in [2.24, 2.45) is 0 Å². The maximum atomic E-state index is 9.73. The number of hydrogen-bond acceptors (Lipinski definition) is 5. The largest absolute Gasteiger partial charge is 0.454 e. The van der Waals surface area contributed by atoms with Crippen LogP contribution in [0.1, 0.15) is 37.8 Å². The van der Waals surface area contributed by atoms with Gasteiger partial charge in [-0.2, -0.15) is 0 Å². The van der Waals surface area contributed by atoms with Gasteiger partial charge in [-0.25, -0.2) is 0 Å². The SMILES string of the molecule is CC(C)(O)C#Cc1ccc(CN2CCCC(Nc3ccc4c(c3)OCO4)C2)cc1. The summed E-state index contributed by atoms with van der Waals surface area (Å²) in [5.74, 6) is 7.51. The molecule has 1 unspecified atom stereocenters. The van der Waals surface area contributed by atoms with Gasteiger partial charge in [0.2, 0.25) is 6.79 Å². The number of benzene rings is 2. The molecule has 1 atom stereocenters. The van der Waals surface area contributed by atoms with E-state index < -0.39 is 5.60 Å². The molecule has 2 aromatic rings. The van der Waals surface area contributed by atoms with Gasteiger partial charge in [0.25, 0.3) is 0 Å². The van der Waals surface area contributed by atoms with Crippen molar-refractivity contribution in [2.75, 3.05) is 25.2 Å². The molecule has 2 heterocycles. The number of nitrogens with zero attached hydrogens (tertiary/aromatic N) is 1.